The molecular weight excluding hydrogens is 275 g/mol. The molecule has 2 heteroatoms. The number of hydrogen-bond acceptors (Lipinski definition) is 1. The lowest BCUT2D eigenvalue weighted by atomic mass is 10.0. The monoisotopic (exact) mass is 292 g/mol. The Labute approximate surface area is 94.4 Å². The number of allylic oxidation sites excluding steroid dienone is 4. The summed E-state index contributed by atoms with van der Waals surface area (Å²) in [6.07, 6.45) is 9.38. The molecule has 0 unspecified atom stereocenters. The minimum atomic E-state index is 0.844. The fraction of sp³-hybridized carbons (Fsp3) is 0.636. The van der Waals surface area contributed by atoms with Gasteiger partial charge in [-0.05, 0) is 58.8 Å². The highest BCUT2D eigenvalue weighted by atomic mass is 127. The summed E-state index contributed by atoms with van der Waals surface area (Å²) in [5.41, 5.74) is 1.58. The SMILES string of the molecule is CCOCCCC1=CC=C(I)CC1. The van der Waals surface area contributed by atoms with Crippen molar-refractivity contribution in [3.8, 4) is 0 Å². The van der Waals surface area contributed by atoms with Crippen LogP contribution in [0.3, 0.4) is 0 Å². The molecule has 0 aromatic carbocycles. The third-order valence-electron chi connectivity index (χ3n) is 2.18. The van der Waals surface area contributed by atoms with Gasteiger partial charge in [0.05, 0.1) is 0 Å². The number of hydrogen-bond donors (Lipinski definition) is 0. The number of ether oxygens (including phenoxy) is 1. The molecule has 0 bridgehead atoms. The van der Waals surface area contributed by atoms with Gasteiger partial charge in [0, 0.05) is 13.2 Å². The smallest absolute Gasteiger partial charge is 0.0468 e. The van der Waals surface area contributed by atoms with Gasteiger partial charge in [0.1, 0.15) is 0 Å². The van der Waals surface area contributed by atoms with Gasteiger partial charge in [-0.2, -0.15) is 0 Å². The Bertz CT molecular complexity index is 206. The van der Waals surface area contributed by atoms with Gasteiger partial charge < -0.3 is 4.74 Å². The molecule has 0 atom stereocenters. The van der Waals surface area contributed by atoms with Crippen LogP contribution in [0.15, 0.2) is 21.3 Å². The third kappa shape index (κ3) is 4.81. The van der Waals surface area contributed by atoms with Crippen LogP contribution < -0.4 is 0 Å². The Morgan fingerprint density at radius 1 is 1.38 bits per heavy atom. The lowest BCUT2D eigenvalue weighted by molar-refractivity contribution is 0.145. The van der Waals surface area contributed by atoms with Crippen molar-refractivity contribution in [3.63, 3.8) is 0 Å². The molecule has 0 aromatic heterocycles. The number of rotatable bonds is 5. The average Bonchev–Trinajstić information content (AvgIpc) is 2.15. The predicted octanol–water partition coefficient (Wildman–Crippen LogP) is 3.84. The maximum absolute atomic E-state index is 5.30. The zero-order valence-corrected chi connectivity index (χ0v) is 10.3. The summed E-state index contributed by atoms with van der Waals surface area (Å²) in [6, 6.07) is 0. The van der Waals surface area contributed by atoms with Crippen molar-refractivity contribution in [2.75, 3.05) is 13.2 Å². The normalized spacial score (nSPS) is 16.8. The molecule has 0 saturated carbocycles. The summed E-state index contributed by atoms with van der Waals surface area (Å²) >= 11 is 2.41. The highest BCUT2D eigenvalue weighted by molar-refractivity contribution is 14.1. The summed E-state index contributed by atoms with van der Waals surface area (Å²) in [5, 5.41) is 0. The topological polar surface area (TPSA) is 9.23 Å². The van der Waals surface area contributed by atoms with Gasteiger partial charge in [-0.3, -0.25) is 0 Å². The van der Waals surface area contributed by atoms with E-state index in [1.807, 2.05) is 6.92 Å². The van der Waals surface area contributed by atoms with Crippen molar-refractivity contribution in [2.45, 2.75) is 32.6 Å². The lowest BCUT2D eigenvalue weighted by Gasteiger charge is -2.10. The second kappa shape index (κ2) is 6.60. The van der Waals surface area contributed by atoms with Crippen molar-refractivity contribution < 1.29 is 4.74 Å². The molecule has 1 rings (SSSR count). The first-order valence-electron chi connectivity index (χ1n) is 4.94. The largest absolute Gasteiger partial charge is 0.382 e. The van der Waals surface area contributed by atoms with Crippen molar-refractivity contribution in [2.24, 2.45) is 0 Å². The standard InChI is InChI=1S/C11H17IO/c1-2-13-9-3-4-10-5-7-11(12)8-6-10/h5,7H,2-4,6,8-9H2,1H3. The Balaban J connectivity index is 2.15. The first-order valence-corrected chi connectivity index (χ1v) is 6.02. The summed E-state index contributed by atoms with van der Waals surface area (Å²) in [5.74, 6) is 0. The number of halogens is 1. The van der Waals surface area contributed by atoms with Gasteiger partial charge in [-0.25, -0.2) is 0 Å². The molecule has 0 aromatic rings. The van der Waals surface area contributed by atoms with Crippen molar-refractivity contribution in [3.05, 3.63) is 21.3 Å². The quantitative estimate of drug-likeness (QED) is 0.552. The summed E-state index contributed by atoms with van der Waals surface area (Å²) in [7, 11) is 0. The summed E-state index contributed by atoms with van der Waals surface area (Å²) < 4.78 is 6.78. The van der Waals surface area contributed by atoms with Crippen LogP contribution in [0.25, 0.3) is 0 Å². The first-order chi connectivity index (χ1) is 6.33. The molecule has 13 heavy (non-hydrogen) atoms. The van der Waals surface area contributed by atoms with E-state index >= 15 is 0 Å². The van der Waals surface area contributed by atoms with E-state index in [4.69, 9.17) is 4.74 Å². The molecule has 1 nitrogen and oxygen atoms in total. The molecule has 0 saturated heterocycles. The molecule has 74 valence electrons. The van der Waals surface area contributed by atoms with E-state index in [1.165, 1.54) is 29.3 Å². The summed E-state index contributed by atoms with van der Waals surface area (Å²) in [4.78, 5) is 0. The second-order valence-corrected chi connectivity index (χ2v) is 4.62. The molecular formula is C11H17IO. The van der Waals surface area contributed by atoms with Gasteiger partial charge in [0.25, 0.3) is 0 Å². The van der Waals surface area contributed by atoms with Crippen LogP contribution in [0.1, 0.15) is 32.6 Å². The maximum Gasteiger partial charge on any atom is 0.0468 e. The van der Waals surface area contributed by atoms with Crippen LogP contribution >= 0.6 is 22.6 Å². The van der Waals surface area contributed by atoms with E-state index in [0.717, 1.165) is 13.2 Å². The second-order valence-electron chi connectivity index (χ2n) is 3.24. The van der Waals surface area contributed by atoms with E-state index in [9.17, 15) is 0 Å². The Hall–Kier alpha value is 0.170. The average molecular weight is 292 g/mol. The zero-order valence-electron chi connectivity index (χ0n) is 8.18. The van der Waals surface area contributed by atoms with Crippen LogP contribution in [0, 0.1) is 0 Å². The molecule has 1 aliphatic rings. The highest BCUT2D eigenvalue weighted by Crippen LogP contribution is 2.25. The van der Waals surface area contributed by atoms with E-state index in [0.29, 0.717) is 0 Å². The minimum Gasteiger partial charge on any atom is -0.382 e. The van der Waals surface area contributed by atoms with Gasteiger partial charge in [-0.15, -0.1) is 0 Å². The van der Waals surface area contributed by atoms with Gasteiger partial charge in [0.15, 0.2) is 0 Å². The van der Waals surface area contributed by atoms with Crippen LogP contribution in [0.5, 0.6) is 0 Å². The van der Waals surface area contributed by atoms with Crippen molar-refractivity contribution in [1.29, 1.82) is 0 Å². The minimum absolute atomic E-state index is 0.844. The van der Waals surface area contributed by atoms with Gasteiger partial charge >= 0.3 is 0 Å². The van der Waals surface area contributed by atoms with E-state index < -0.39 is 0 Å². The lowest BCUT2D eigenvalue weighted by Crippen LogP contribution is -1.96. The van der Waals surface area contributed by atoms with Crippen LogP contribution in [-0.2, 0) is 4.74 Å². The first kappa shape index (κ1) is 11.2. The molecule has 0 N–H and O–H groups in total. The maximum atomic E-state index is 5.30. The van der Waals surface area contributed by atoms with Crippen LogP contribution in [0.2, 0.25) is 0 Å². The zero-order chi connectivity index (χ0) is 9.52. The van der Waals surface area contributed by atoms with E-state index in [1.54, 1.807) is 5.57 Å². The van der Waals surface area contributed by atoms with Crippen molar-refractivity contribution >= 4 is 22.6 Å². The van der Waals surface area contributed by atoms with Crippen LogP contribution in [-0.4, -0.2) is 13.2 Å². The Morgan fingerprint density at radius 2 is 2.23 bits per heavy atom. The van der Waals surface area contributed by atoms with Gasteiger partial charge in [-0.1, -0.05) is 17.7 Å². The highest BCUT2D eigenvalue weighted by Gasteiger charge is 2.03. The summed E-state index contributed by atoms with van der Waals surface area (Å²) in [6.45, 7) is 3.80. The molecule has 0 radical (unpaired) electrons. The Morgan fingerprint density at radius 3 is 2.85 bits per heavy atom. The fourth-order valence-corrected chi connectivity index (χ4v) is 1.86. The van der Waals surface area contributed by atoms with E-state index in [-0.39, 0.29) is 0 Å². The van der Waals surface area contributed by atoms with E-state index in [2.05, 4.69) is 34.7 Å². The molecule has 0 amide bonds. The fourth-order valence-electron chi connectivity index (χ4n) is 1.41. The molecule has 0 aliphatic heterocycles. The predicted molar refractivity (Wildman–Crippen MR) is 65.1 cm³/mol. The van der Waals surface area contributed by atoms with Gasteiger partial charge in [0.2, 0.25) is 0 Å². The molecule has 1 aliphatic carbocycles. The van der Waals surface area contributed by atoms with Crippen LogP contribution in [0.4, 0.5) is 0 Å². The third-order valence-corrected chi connectivity index (χ3v) is 3.07. The Kier molecular flexibility index (Phi) is 5.71. The molecule has 0 heterocycles. The van der Waals surface area contributed by atoms with Crippen molar-refractivity contribution in [1.82, 2.24) is 0 Å². The molecule has 0 spiro atoms. The molecule has 0 fully saturated rings.